The van der Waals surface area contributed by atoms with E-state index in [0.29, 0.717) is 26.2 Å². The van der Waals surface area contributed by atoms with Crippen LogP contribution in [0.1, 0.15) is 6.42 Å². The summed E-state index contributed by atoms with van der Waals surface area (Å²) in [6.07, 6.45) is 3.64. The summed E-state index contributed by atoms with van der Waals surface area (Å²) >= 11 is 0. The highest BCUT2D eigenvalue weighted by Gasteiger charge is 2.22. The second-order valence-corrected chi connectivity index (χ2v) is 5.95. The van der Waals surface area contributed by atoms with Crippen LogP contribution >= 0.6 is 0 Å². The Balaban J connectivity index is 2.75. The Morgan fingerprint density at radius 3 is 2.89 bits per heavy atom. The molecular formula is C10H20N4O3S. The molecule has 0 unspecified atom stereocenters. The van der Waals surface area contributed by atoms with Gasteiger partial charge in [-0.25, -0.2) is 8.42 Å². The standard InChI is InChI=1S/C10H20N4O3S/c1-13(6-7-17-2)18(15,16)10-8-12-14(9-10)5-3-4-11/h8-9H,3-7,11H2,1-2H3. The molecule has 0 amide bonds. The average Bonchev–Trinajstić information content (AvgIpc) is 2.82. The number of likely N-dealkylation sites (N-methyl/N-ethyl adjacent to an activating group) is 1. The summed E-state index contributed by atoms with van der Waals surface area (Å²) in [5.41, 5.74) is 5.39. The molecule has 1 heterocycles. The number of aromatic nitrogens is 2. The van der Waals surface area contributed by atoms with Crippen LogP contribution in [-0.2, 0) is 21.3 Å². The van der Waals surface area contributed by atoms with Gasteiger partial charge in [0.25, 0.3) is 0 Å². The Labute approximate surface area is 108 Å². The number of ether oxygens (including phenoxy) is 1. The van der Waals surface area contributed by atoms with E-state index in [4.69, 9.17) is 10.5 Å². The summed E-state index contributed by atoms with van der Waals surface area (Å²) in [6.45, 7) is 1.84. The maximum atomic E-state index is 12.1. The monoisotopic (exact) mass is 276 g/mol. The number of rotatable bonds is 8. The molecular weight excluding hydrogens is 256 g/mol. The van der Waals surface area contributed by atoms with E-state index in [2.05, 4.69) is 5.10 Å². The fourth-order valence-corrected chi connectivity index (χ4v) is 2.48. The zero-order chi connectivity index (χ0) is 13.6. The summed E-state index contributed by atoms with van der Waals surface area (Å²) in [7, 11) is -0.424. The highest BCUT2D eigenvalue weighted by molar-refractivity contribution is 7.89. The molecule has 0 radical (unpaired) electrons. The van der Waals surface area contributed by atoms with Crippen molar-refractivity contribution >= 4 is 10.0 Å². The van der Waals surface area contributed by atoms with Crippen molar-refractivity contribution < 1.29 is 13.2 Å². The summed E-state index contributed by atoms with van der Waals surface area (Å²) in [4.78, 5) is 0.193. The van der Waals surface area contributed by atoms with Crippen LogP contribution in [0.15, 0.2) is 17.3 Å². The first-order valence-corrected chi connectivity index (χ1v) is 7.14. The molecule has 0 aliphatic carbocycles. The highest BCUT2D eigenvalue weighted by atomic mass is 32.2. The van der Waals surface area contributed by atoms with Crippen LogP contribution in [0, 0.1) is 0 Å². The molecule has 0 saturated heterocycles. The highest BCUT2D eigenvalue weighted by Crippen LogP contribution is 2.12. The Morgan fingerprint density at radius 1 is 1.56 bits per heavy atom. The smallest absolute Gasteiger partial charge is 0.246 e. The van der Waals surface area contributed by atoms with Crippen molar-refractivity contribution in [3.63, 3.8) is 0 Å². The fourth-order valence-electron chi connectivity index (χ4n) is 1.37. The van der Waals surface area contributed by atoms with Gasteiger partial charge in [0.2, 0.25) is 10.0 Å². The van der Waals surface area contributed by atoms with Crippen LogP contribution < -0.4 is 5.73 Å². The minimum atomic E-state index is -3.48. The molecule has 8 heteroatoms. The van der Waals surface area contributed by atoms with Crippen LogP contribution in [0.2, 0.25) is 0 Å². The first-order chi connectivity index (χ1) is 8.52. The van der Waals surface area contributed by atoms with Crippen molar-refractivity contribution in [2.24, 2.45) is 5.73 Å². The number of methoxy groups -OCH3 is 1. The molecule has 0 aliphatic rings. The molecule has 18 heavy (non-hydrogen) atoms. The number of hydrogen-bond acceptors (Lipinski definition) is 5. The number of sulfonamides is 1. The molecule has 0 bridgehead atoms. The molecule has 1 aromatic rings. The Morgan fingerprint density at radius 2 is 2.28 bits per heavy atom. The normalized spacial score (nSPS) is 12.2. The third-order valence-electron chi connectivity index (χ3n) is 2.52. The molecule has 0 saturated carbocycles. The minimum absolute atomic E-state index is 0.193. The van der Waals surface area contributed by atoms with Crippen LogP contribution in [0.5, 0.6) is 0 Å². The molecule has 0 fully saturated rings. The van der Waals surface area contributed by atoms with E-state index in [-0.39, 0.29) is 4.90 Å². The van der Waals surface area contributed by atoms with Crippen molar-refractivity contribution in [2.75, 3.05) is 33.9 Å². The van der Waals surface area contributed by atoms with Gasteiger partial charge in [0, 0.05) is 33.4 Å². The van der Waals surface area contributed by atoms with E-state index in [1.807, 2.05) is 0 Å². The number of nitrogens with zero attached hydrogens (tertiary/aromatic N) is 3. The van der Waals surface area contributed by atoms with Gasteiger partial charge in [-0.05, 0) is 13.0 Å². The van der Waals surface area contributed by atoms with Crippen molar-refractivity contribution in [3.05, 3.63) is 12.4 Å². The Bertz CT molecular complexity index is 457. The Kier molecular flexibility index (Phi) is 5.73. The van der Waals surface area contributed by atoms with E-state index < -0.39 is 10.0 Å². The van der Waals surface area contributed by atoms with Gasteiger partial charge >= 0.3 is 0 Å². The molecule has 0 atom stereocenters. The van der Waals surface area contributed by atoms with Crippen LogP contribution in [-0.4, -0.2) is 56.4 Å². The largest absolute Gasteiger partial charge is 0.383 e. The lowest BCUT2D eigenvalue weighted by atomic mass is 10.4. The van der Waals surface area contributed by atoms with Crippen LogP contribution in [0.3, 0.4) is 0 Å². The van der Waals surface area contributed by atoms with Gasteiger partial charge in [0.15, 0.2) is 0 Å². The second kappa shape index (κ2) is 6.83. The lowest BCUT2D eigenvalue weighted by Gasteiger charge is -2.14. The van der Waals surface area contributed by atoms with E-state index >= 15 is 0 Å². The van der Waals surface area contributed by atoms with Gasteiger partial charge in [-0.15, -0.1) is 0 Å². The molecule has 0 aromatic carbocycles. The van der Waals surface area contributed by atoms with Gasteiger partial charge in [-0.1, -0.05) is 0 Å². The Hall–Kier alpha value is -0.960. The number of nitrogens with two attached hydrogens (primary N) is 1. The van der Waals surface area contributed by atoms with Gasteiger partial charge in [-0.3, -0.25) is 4.68 Å². The van der Waals surface area contributed by atoms with Gasteiger partial charge in [0.05, 0.1) is 12.8 Å². The average molecular weight is 276 g/mol. The van der Waals surface area contributed by atoms with Gasteiger partial charge < -0.3 is 10.5 Å². The molecule has 7 nitrogen and oxygen atoms in total. The molecule has 1 aromatic heterocycles. The second-order valence-electron chi connectivity index (χ2n) is 3.90. The van der Waals surface area contributed by atoms with Gasteiger partial charge in [0.1, 0.15) is 4.90 Å². The summed E-state index contributed by atoms with van der Waals surface area (Å²) in [5, 5.41) is 4.01. The molecule has 0 aliphatic heterocycles. The van der Waals surface area contributed by atoms with Crippen molar-refractivity contribution in [1.82, 2.24) is 14.1 Å². The quantitative estimate of drug-likeness (QED) is 0.691. The lowest BCUT2D eigenvalue weighted by Crippen LogP contribution is -2.29. The molecule has 0 spiro atoms. The van der Waals surface area contributed by atoms with Crippen molar-refractivity contribution in [2.45, 2.75) is 17.9 Å². The first-order valence-electron chi connectivity index (χ1n) is 5.70. The fraction of sp³-hybridized carbons (Fsp3) is 0.700. The zero-order valence-corrected chi connectivity index (χ0v) is 11.6. The maximum absolute atomic E-state index is 12.1. The lowest BCUT2D eigenvalue weighted by molar-refractivity contribution is 0.185. The predicted molar refractivity (Wildman–Crippen MR) is 67.6 cm³/mol. The zero-order valence-electron chi connectivity index (χ0n) is 10.7. The third kappa shape index (κ3) is 3.77. The number of aryl methyl sites for hydroxylation is 1. The van der Waals surface area contributed by atoms with Crippen molar-refractivity contribution in [3.8, 4) is 0 Å². The molecule has 1 rings (SSSR count). The topological polar surface area (TPSA) is 90.5 Å². The van der Waals surface area contributed by atoms with E-state index in [9.17, 15) is 8.42 Å². The minimum Gasteiger partial charge on any atom is -0.383 e. The third-order valence-corrected chi connectivity index (χ3v) is 4.33. The SMILES string of the molecule is COCCN(C)S(=O)(=O)c1cnn(CCCN)c1. The summed E-state index contributed by atoms with van der Waals surface area (Å²) < 4.78 is 31.9. The van der Waals surface area contributed by atoms with E-state index in [1.165, 1.54) is 30.9 Å². The van der Waals surface area contributed by atoms with Crippen LogP contribution in [0.4, 0.5) is 0 Å². The van der Waals surface area contributed by atoms with Crippen molar-refractivity contribution in [1.29, 1.82) is 0 Å². The summed E-state index contributed by atoms with van der Waals surface area (Å²) in [5.74, 6) is 0. The van der Waals surface area contributed by atoms with E-state index in [1.54, 1.807) is 4.68 Å². The predicted octanol–water partition coefficient (Wildman–Crippen LogP) is -0.501. The van der Waals surface area contributed by atoms with Gasteiger partial charge in [-0.2, -0.15) is 9.40 Å². The first kappa shape index (κ1) is 15.1. The van der Waals surface area contributed by atoms with Crippen LogP contribution in [0.25, 0.3) is 0 Å². The van der Waals surface area contributed by atoms with E-state index in [0.717, 1.165) is 6.42 Å². The molecule has 104 valence electrons. The number of hydrogen-bond donors (Lipinski definition) is 1. The summed E-state index contributed by atoms with van der Waals surface area (Å²) in [6, 6.07) is 0. The maximum Gasteiger partial charge on any atom is 0.246 e. The molecule has 2 N–H and O–H groups in total.